The molecule has 18 heavy (non-hydrogen) atoms. The fourth-order valence-corrected chi connectivity index (χ4v) is 2.32. The van der Waals surface area contributed by atoms with E-state index in [1.165, 1.54) is 17.0 Å². The summed E-state index contributed by atoms with van der Waals surface area (Å²) in [5.74, 6) is -0.837. The summed E-state index contributed by atoms with van der Waals surface area (Å²) in [5, 5.41) is 10.1. The molecule has 2 rings (SSSR count). The van der Waals surface area contributed by atoms with E-state index >= 15 is 0 Å². The molecule has 5 heteroatoms. The molecular formula is C13H15BrFNO2. The van der Waals surface area contributed by atoms with Crippen LogP contribution in [0.2, 0.25) is 0 Å². The fraction of sp³-hybridized carbons (Fsp3) is 0.462. The summed E-state index contributed by atoms with van der Waals surface area (Å²) in [7, 11) is 0. The number of carbonyl (C=O) groups excluding carboxylic acids is 1. The van der Waals surface area contributed by atoms with Gasteiger partial charge in [-0.3, -0.25) is 4.79 Å². The number of β-amino-alcohol motifs (C(OH)–C–C–N with tert-alkyl or cyclic N) is 1. The third-order valence-corrected chi connectivity index (χ3v) is 3.94. The summed E-state index contributed by atoms with van der Waals surface area (Å²) in [5.41, 5.74) is -0.798. The Bertz CT molecular complexity index is 484. The van der Waals surface area contributed by atoms with Gasteiger partial charge in [-0.25, -0.2) is 4.39 Å². The topological polar surface area (TPSA) is 40.5 Å². The number of aliphatic hydroxyl groups is 1. The third-order valence-electron chi connectivity index (χ3n) is 3.45. The highest BCUT2D eigenvalue weighted by Gasteiger charge is 2.46. The van der Waals surface area contributed by atoms with E-state index in [0.717, 1.165) is 0 Å². The van der Waals surface area contributed by atoms with Crippen LogP contribution in [0.4, 0.5) is 4.39 Å². The predicted octanol–water partition coefficient (Wildman–Crippen LogP) is 2.43. The highest BCUT2D eigenvalue weighted by atomic mass is 79.9. The van der Waals surface area contributed by atoms with Gasteiger partial charge < -0.3 is 10.0 Å². The van der Waals surface area contributed by atoms with Gasteiger partial charge in [0.25, 0.3) is 5.91 Å². The lowest BCUT2D eigenvalue weighted by Gasteiger charge is -2.49. The van der Waals surface area contributed by atoms with Gasteiger partial charge in [-0.2, -0.15) is 0 Å². The second-order valence-electron chi connectivity index (χ2n) is 5.04. The minimum Gasteiger partial charge on any atom is -0.386 e. The Labute approximate surface area is 114 Å². The lowest BCUT2D eigenvalue weighted by atomic mass is 9.82. The molecule has 1 aliphatic rings. The molecule has 3 nitrogen and oxygen atoms in total. The quantitative estimate of drug-likeness (QED) is 0.910. The van der Waals surface area contributed by atoms with Crippen molar-refractivity contribution < 1.29 is 14.3 Å². The average molecular weight is 316 g/mol. The van der Waals surface area contributed by atoms with E-state index in [2.05, 4.69) is 15.9 Å². The number of halogens is 2. The van der Waals surface area contributed by atoms with E-state index in [1.54, 1.807) is 6.07 Å². The molecule has 0 saturated carbocycles. The molecule has 0 aromatic heterocycles. The molecule has 0 radical (unpaired) electrons. The van der Waals surface area contributed by atoms with Crippen LogP contribution in [-0.2, 0) is 0 Å². The molecule has 0 aliphatic carbocycles. The SMILES string of the molecule is CC(C)C1(O)CN(C(=O)c2cc(Br)ccc2F)C1. The molecule has 1 heterocycles. The van der Waals surface area contributed by atoms with Crippen LogP contribution in [0.3, 0.4) is 0 Å². The zero-order valence-electron chi connectivity index (χ0n) is 10.3. The van der Waals surface area contributed by atoms with Gasteiger partial charge in [0.2, 0.25) is 0 Å². The molecule has 1 aromatic carbocycles. The van der Waals surface area contributed by atoms with Crippen LogP contribution in [0.1, 0.15) is 24.2 Å². The van der Waals surface area contributed by atoms with Gasteiger partial charge in [-0.15, -0.1) is 0 Å². The van der Waals surface area contributed by atoms with E-state index in [-0.39, 0.29) is 30.5 Å². The van der Waals surface area contributed by atoms with Gasteiger partial charge in [0, 0.05) is 4.47 Å². The number of amides is 1. The molecule has 1 fully saturated rings. The molecule has 0 unspecified atom stereocenters. The Balaban J connectivity index is 2.13. The van der Waals surface area contributed by atoms with E-state index in [1.807, 2.05) is 13.8 Å². The number of rotatable bonds is 2. The van der Waals surface area contributed by atoms with Crippen molar-refractivity contribution in [1.82, 2.24) is 4.90 Å². The van der Waals surface area contributed by atoms with Crippen LogP contribution in [-0.4, -0.2) is 34.6 Å². The number of hydrogen-bond acceptors (Lipinski definition) is 2. The minimum atomic E-state index is -0.835. The maximum atomic E-state index is 13.6. The minimum absolute atomic E-state index is 0.0372. The lowest BCUT2D eigenvalue weighted by Crippen LogP contribution is -2.66. The maximum absolute atomic E-state index is 13.6. The molecule has 0 spiro atoms. The first-order chi connectivity index (χ1) is 8.33. The number of benzene rings is 1. The van der Waals surface area contributed by atoms with Crippen molar-refractivity contribution in [3.05, 3.63) is 34.1 Å². The van der Waals surface area contributed by atoms with Crippen LogP contribution < -0.4 is 0 Å². The molecule has 0 atom stereocenters. The van der Waals surface area contributed by atoms with Crippen molar-refractivity contribution >= 4 is 21.8 Å². The van der Waals surface area contributed by atoms with Gasteiger partial charge in [0.05, 0.1) is 18.7 Å². The summed E-state index contributed by atoms with van der Waals surface area (Å²) in [6.07, 6.45) is 0. The molecule has 1 aromatic rings. The third kappa shape index (κ3) is 2.29. The van der Waals surface area contributed by atoms with Crippen LogP contribution in [0.15, 0.2) is 22.7 Å². The number of hydrogen-bond donors (Lipinski definition) is 1. The van der Waals surface area contributed by atoms with E-state index < -0.39 is 11.4 Å². The first-order valence-electron chi connectivity index (χ1n) is 5.80. The monoisotopic (exact) mass is 315 g/mol. The molecule has 1 amide bonds. The normalized spacial score (nSPS) is 17.8. The first kappa shape index (κ1) is 13.5. The average Bonchev–Trinajstić information content (AvgIpc) is 2.27. The Hall–Kier alpha value is -0.940. The maximum Gasteiger partial charge on any atom is 0.257 e. The lowest BCUT2D eigenvalue weighted by molar-refractivity contribution is -0.111. The van der Waals surface area contributed by atoms with Gasteiger partial charge in [0.15, 0.2) is 0 Å². The Morgan fingerprint density at radius 3 is 2.67 bits per heavy atom. The van der Waals surface area contributed by atoms with Crippen molar-refractivity contribution in [3.63, 3.8) is 0 Å². The van der Waals surface area contributed by atoms with Crippen molar-refractivity contribution in [1.29, 1.82) is 0 Å². The number of likely N-dealkylation sites (tertiary alicyclic amines) is 1. The summed E-state index contributed by atoms with van der Waals surface area (Å²) < 4.78 is 14.2. The Morgan fingerprint density at radius 1 is 1.50 bits per heavy atom. The standard InChI is InChI=1S/C13H15BrFNO2/c1-8(2)13(18)6-16(7-13)12(17)10-5-9(14)3-4-11(10)15/h3-5,8,18H,6-7H2,1-2H3. The van der Waals surface area contributed by atoms with Gasteiger partial charge in [0.1, 0.15) is 11.4 Å². The fourth-order valence-electron chi connectivity index (χ4n) is 1.96. The predicted molar refractivity (Wildman–Crippen MR) is 69.8 cm³/mol. The highest BCUT2D eigenvalue weighted by molar-refractivity contribution is 9.10. The summed E-state index contributed by atoms with van der Waals surface area (Å²) in [4.78, 5) is 13.5. The van der Waals surface area contributed by atoms with Crippen LogP contribution in [0, 0.1) is 11.7 Å². The van der Waals surface area contributed by atoms with Crippen LogP contribution in [0.5, 0.6) is 0 Å². The second kappa shape index (κ2) is 4.63. The Morgan fingerprint density at radius 2 is 2.11 bits per heavy atom. The number of carbonyl (C=O) groups is 1. The Kier molecular flexibility index (Phi) is 3.47. The van der Waals surface area contributed by atoms with E-state index in [0.29, 0.717) is 4.47 Å². The first-order valence-corrected chi connectivity index (χ1v) is 6.59. The number of nitrogens with zero attached hydrogens (tertiary/aromatic N) is 1. The molecule has 98 valence electrons. The zero-order valence-corrected chi connectivity index (χ0v) is 11.9. The second-order valence-corrected chi connectivity index (χ2v) is 5.96. The smallest absolute Gasteiger partial charge is 0.257 e. The summed E-state index contributed by atoms with van der Waals surface area (Å²) in [6.45, 7) is 4.33. The van der Waals surface area contributed by atoms with Crippen molar-refractivity contribution in [2.24, 2.45) is 5.92 Å². The van der Waals surface area contributed by atoms with Crippen LogP contribution >= 0.6 is 15.9 Å². The van der Waals surface area contributed by atoms with Crippen molar-refractivity contribution in [2.75, 3.05) is 13.1 Å². The van der Waals surface area contributed by atoms with E-state index in [9.17, 15) is 14.3 Å². The largest absolute Gasteiger partial charge is 0.386 e. The molecule has 1 saturated heterocycles. The van der Waals surface area contributed by atoms with Gasteiger partial charge in [-0.05, 0) is 24.1 Å². The summed E-state index contributed by atoms with van der Waals surface area (Å²) in [6, 6.07) is 4.27. The van der Waals surface area contributed by atoms with Crippen LogP contribution in [0.25, 0.3) is 0 Å². The zero-order chi connectivity index (χ0) is 13.5. The van der Waals surface area contributed by atoms with Crippen molar-refractivity contribution in [2.45, 2.75) is 19.4 Å². The molecule has 1 aliphatic heterocycles. The van der Waals surface area contributed by atoms with Crippen molar-refractivity contribution in [3.8, 4) is 0 Å². The molecular weight excluding hydrogens is 301 g/mol. The molecule has 0 bridgehead atoms. The van der Waals surface area contributed by atoms with Gasteiger partial charge >= 0.3 is 0 Å². The summed E-state index contributed by atoms with van der Waals surface area (Å²) >= 11 is 3.21. The van der Waals surface area contributed by atoms with E-state index in [4.69, 9.17) is 0 Å². The highest BCUT2D eigenvalue weighted by Crippen LogP contribution is 2.30. The van der Waals surface area contributed by atoms with Gasteiger partial charge in [-0.1, -0.05) is 29.8 Å². The molecule has 1 N–H and O–H groups in total.